The average molecular weight is 274 g/mol. The lowest BCUT2D eigenvalue weighted by atomic mass is 9.78. The fourth-order valence-corrected chi connectivity index (χ4v) is 3.16. The highest BCUT2D eigenvalue weighted by atomic mass is 35.5. The third-order valence-corrected chi connectivity index (χ3v) is 4.41. The highest BCUT2D eigenvalue weighted by Gasteiger charge is 2.41. The second-order valence-electron chi connectivity index (χ2n) is 4.89. The summed E-state index contributed by atoms with van der Waals surface area (Å²) in [6.07, 6.45) is 3.23. The lowest BCUT2D eigenvalue weighted by molar-refractivity contribution is 0.0588. The molecule has 0 spiro atoms. The average Bonchev–Trinajstić information content (AvgIpc) is 2.65. The maximum Gasteiger partial charge on any atom is 0.0611 e. The van der Waals surface area contributed by atoms with Crippen LogP contribution in [0, 0.1) is 5.41 Å². The van der Waals surface area contributed by atoms with Crippen LogP contribution in [0.5, 0.6) is 0 Å². The number of aliphatic hydroxyl groups is 1. The quantitative estimate of drug-likeness (QED) is 0.890. The van der Waals surface area contributed by atoms with Gasteiger partial charge in [0.1, 0.15) is 0 Å². The third-order valence-electron chi connectivity index (χ3n) is 3.82. The van der Waals surface area contributed by atoms with Gasteiger partial charge in [-0.25, -0.2) is 0 Å². The summed E-state index contributed by atoms with van der Waals surface area (Å²) < 4.78 is 0. The van der Waals surface area contributed by atoms with Crippen molar-refractivity contribution in [3.8, 4) is 0 Å². The van der Waals surface area contributed by atoms with Crippen LogP contribution in [-0.4, -0.2) is 17.8 Å². The van der Waals surface area contributed by atoms with Crippen LogP contribution in [0.1, 0.15) is 24.8 Å². The molecule has 2 nitrogen and oxygen atoms in total. The van der Waals surface area contributed by atoms with Gasteiger partial charge in [-0.3, -0.25) is 0 Å². The van der Waals surface area contributed by atoms with Gasteiger partial charge in [-0.05, 0) is 37.0 Å². The summed E-state index contributed by atoms with van der Waals surface area (Å²) in [4.78, 5) is 0. The van der Waals surface area contributed by atoms with Crippen molar-refractivity contribution in [1.29, 1.82) is 0 Å². The molecule has 1 fully saturated rings. The summed E-state index contributed by atoms with van der Waals surface area (Å²) in [5.41, 5.74) is 6.66. The van der Waals surface area contributed by atoms with Crippen molar-refractivity contribution in [2.24, 2.45) is 11.1 Å². The van der Waals surface area contributed by atoms with E-state index in [9.17, 15) is 5.11 Å². The molecule has 94 valence electrons. The van der Waals surface area contributed by atoms with Crippen molar-refractivity contribution in [3.05, 3.63) is 33.8 Å². The predicted molar refractivity (Wildman–Crippen MR) is 71.5 cm³/mol. The van der Waals surface area contributed by atoms with E-state index >= 15 is 0 Å². The Labute approximate surface area is 112 Å². The lowest BCUT2D eigenvalue weighted by Crippen LogP contribution is -2.39. The Morgan fingerprint density at radius 2 is 2.18 bits per heavy atom. The molecule has 2 atom stereocenters. The molecule has 1 aromatic carbocycles. The van der Waals surface area contributed by atoms with Gasteiger partial charge in [0.2, 0.25) is 0 Å². The minimum absolute atomic E-state index is 0.211. The van der Waals surface area contributed by atoms with Gasteiger partial charge in [0.15, 0.2) is 0 Å². The Morgan fingerprint density at radius 3 is 2.71 bits per heavy atom. The Kier molecular flexibility index (Phi) is 3.99. The zero-order chi connectivity index (χ0) is 12.5. The Morgan fingerprint density at radius 1 is 1.41 bits per heavy atom. The first-order valence-corrected chi connectivity index (χ1v) is 6.65. The van der Waals surface area contributed by atoms with E-state index in [1.165, 1.54) is 0 Å². The van der Waals surface area contributed by atoms with Crippen LogP contribution in [-0.2, 0) is 6.42 Å². The fourth-order valence-electron chi connectivity index (χ4n) is 2.68. The van der Waals surface area contributed by atoms with Crippen LogP contribution in [0.2, 0.25) is 10.0 Å². The van der Waals surface area contributed by atoms with E-state index in [0.717, 1.165) is 31.2 Å². The molecule has 0 radical (unpaired) electrons. The molecule has 3 N–H and O–H groups in total. The Bertz CT molecular complexity index is 410. The summed E-state index contributed by atoms with van der Waals surface area (Å²) in [7, 11) is 0. The summed E-state index contributed by atoms with van der Waals surface area (Å²) in [5.74, 6) is 0. The number of hydrogen-bond acceptors (Lipinski definition) is 2. The standard InChI is InChI=1S/C13H17Cl2NO/c14-10-4-3-9(11(15)6-10)7-13(8-16)5-1-2-12(13)17/h3-4,6,12,17H,1-2,5,7-8,16H2. The van der Waals surface area contributed by atoms with Gasteiger partial charge < -0.3 is 10.8 Å². The van der Waals surface area contributed by atoms with Gasteiger partial charge >= 0.3 is 0 Å². The van der Waals surface area contributed by atoms with E-state index in [2.05, 4.69) is 0 Å². The van der Waals surface area contributed by atoms with Crippen molar-refractivity contribution >= 4 is 23.2 Å². The van der Waals surface area contributed by atoms with Crippen LogP contribution >= 0.6 is 23.2 Å². The lowest BCUT2D eigenvalue weighted by Gasteiger charge is -2.31. The molecule has 2 unspecified atom stereocenters. The third kappa shape index (κ3) is 2.60. The van der Waals surface area contributed by atoms with Crippen LogP contribution in [0.3, 0.4) is 0 Å². The molecular formula is C13H17Cl2NO. The second-order valence-corrected chi connectivity index (χ2v) is 5.73. The molecular weight excluding hydrogens is 257 g/mol. The van der Waals surface area contributed by atoms with Crippen molar-refractivity contribution in [2.45, 2.75) is 31.8 Å². The molecule has 0 saturated heterocycles. The SMILES string of the molecule is NCC1(Cc2ccc(Cl)cc2Cl)CCCC1O. The van der Waals surface area contributed by atoms with E-state index in [1.807, 2.05) is 12.1 Å². The maximum atomic E-state index is 10.1. The smallest absolute Gasteiger partial charge is 0.0611 e. The number of nitrogens with two attached hydrogens (primary N) is 1. The molecule has 0 aromatic heterocycles. The fraction of sp³-hybridized carbons (Fsp3) is 0.538. The van der Waals surface area contributed by atoms with E-state index in [1.54, 1.807) is 6.07 Å². The maximum absolute atomic E-state index is 10.1. The molecule has 0 aliphatic heterocycles. The minimum atomic E-state index is -0.320. The molecule has 0 bridgehead atoms. The number of rotatable bonds is 3. The predicted octanol–water partition coefficient (Wildman–Crippen LogP) is 3.03. The van der Waals surface area contributed by atoms with Crippen LogP contribution < -0.4 is 5.73 Å². The molecule has 2 rings (SSSR count). The zero-order valence-electron chi connectivity index (χ0n) is 9.63. The molecule has 17 heavy (non-hydrogen) atoms. The Balaban J connectivity index is 2.24. The molecule has 1 aliphatic carbocycles. The van der Waals surface area contributed by atoms with Gasteiger partial charge in [0.25, 0.3) is 0 Å². The largest absolute Gasteiger partial charge is 0.392 e. The molecule has 1 aliphatic rings. The van der Waals surface area contributed by atoms with Gasteiger partial charge in [-0.1, -0.05) is 35.7 Å². The Hall–Kier alpha value is -0.280. The van der Waals surface area contributed by atoms with Crippen LogP contribution in [0.15, 0.2) is 18.2 Å². The molecule has 1 aromatic rings. The first kappa shape index (κ1) is 13.2. The molecule has 1 saturated carbocycles. The monoisotopic (exact) mass is 273 g/mol. The van der Waals surface area contributed by atoms with Crippen molar-refractivity contribution in [1.82, 2.24) is 0 Å². The number of halogens is 2. The second kappa shape index (κ2) is 5.15. The number of benzene rings is 1. The molecule has 4 heteroatoms. The minimum Gasteiger partial charge on any atom is -0.392 e. The summed E-state index contributed by atoms with van der Waals surface area (Å²) in [6, 6.07) is 5.49. The van der Waals surface area contributed by atoms with Crippen LogP contribution in [0.4, 0.5) is 0 Å². The van der Waals surface area contributed by atoms with Crippen molar-refractivity contribution < 1.29 is 5.11 Å². The molecule has 0 heterocycles. The highest BCUT2D eigenvalue weighted by Crippen LogP contribution is 2.41. The van der Waals surface area contributed by atoms with Crippen LogP contribution in [0.25, 0.3) is 0 Å². The first-order valence-electron chi connectivity index (χ1n) is 5.89. The number of hydrogen-bond donors (Lipinski definition) is 2. The highest BCUT2D eigenvalue weighted by molar-refractivity contribution is 6.35. The van der Waals surface area contributed by atoms with E-state index < -0.39 is 0 Å². The van der Waals surface area contributed by atoms with Crippen molar-refractivity contribution in [3.63, 3.8) is 0 Å². The van der Waals surface area contributed by atoms with E-state index in [4.69, 9.17) is 28.9 Å². The molecule has 0 amide bonds. The van der Waals surface area contributed by atoms with Gasteiger partial charge in [0.05, 0.1) is 6.10 Å². The topological polar surface area (TPSA) is 46.2 Å². The van der Waals surface area contributed by atoms with E-state index in [-0.39, 0.29) is 11.5 Å². The van der Waals surface area contributed by atoms with E-state index in [0.29, 0.717) is 16.6 Å². The van der Waals surface area contributed by atoms with Gasteiger partial charge in [0, 0.05) is 22.0 Å². The number of aliphatic hydroxyl groups excluding tert-OH is 1. The zero-order valence-corrected chi connectivity index (χ0v) is 11.1. The summed E-state index contributed by atoms with van der Waals surface area (Å²) in [6.45, 7) is 0.493. The normalized spacial score (nSPS) is 28.6. The first-order chi connectivity index (χ1) is 8.07. The van der Waals surface area contributed by atoms with Crippen molar-refractivity contribution in [2.75, 3.05) is 6.54 Å². The van der Waals surface area contributed by atoms with Gasteiger partial charge in [-0.15, -0.1) is 0 Å². The summed E-state index contributed by atoms with van der Waals surface area (Å²) >= 11 is 12.0. The summed E-state index contributed by atoms with van der Waals surface area (Å²) in [5, 5.41) is 11.4. The van der Waals surface area contributed by atoms with Gasteiger partial charge in [-0.2, -0.15) is 0 Å².